The molecule has 0 radical (unpaired) electrons. The van der Waals surface area contributed by atoms with E-state index in [1.54, 1.807) is 0 Å². The number of pyridine rings is 2. The zero-order chi connectivity index (χ0) is 41.7. The van der Waals surface area contributed by atoms with Crippen molar-refractivity contribution in [2.75, 3.05) is 23.9 Å². The van der Waals surface area contributed by atoms with Crippen LogP contribution in [0, 0.1) is 53.2 Å². The van der Waals surface area contributed by atoms with E-state index in [1.165, 1.54) is 0 Å². The van der Waals surface area contributed by atoms with E-state index in [0.717, 1.165) is 68.3 Å². The molecule has 17 heteroatoms. The fraction of sp³-hybridized carbons (Fsp3) is 0.174. The minimum atomic E-state index is 0. The van der Waals surface area contributed by atoms with Crippen LogP contribution in [0.25, 0.3) is 22.7 Å². The van der Waals surface area contributed by atoms with Gasteiger partial charge < -0.3 is 81.4 Å². The Labute approximate surface area is 416 Å². The molecular formula is C46H46I2N12O2Pt. The summed E-state index contributed by atoms with van der Waals surface area (Å²) in [5.41, 5.74) is 9.65. The van der Waals surface area contributed by atoms with E-state index in [1.807, 2.05) is 206 Å². The molecule has 10 rings (SSSR count). The number of rotatable bonds is 8. The van der Waals surface area contributed by atoms with E-state index in [0.29, 0.717) is 11.5 Å². The largest absolute Gasteiger partial charge is 4.00 e. The second-order valence-electron chi connectivity index (χ2n) is 15.0. The van der Waals surface area contributed by atoms with Crippen molar-refractivity contribution in [3.63, 3.8) is 0 Å². The molecule has 0 N–H and O–H groups in total. The van der Waals surface area contributed by atoms with Gasteiger partial charge in [-0.25, -0.2) is 18.7 Å². The predicted molar refractivity (Wildman–Crippen MR) is 228 cm³/mol. The second-order valence-corrected chi connectivity index (χ2v) is 15.0. The van der Waals surface area contributed by atoms with Gasteiger partial charge in [0.1, 0.15) is 42.0 Å². The number of aromatic nitrogens is 8. The molecule has 14 nitrogen and oxygen atoms in total. The SMILES string of the molecule is Cc1nc2c(-n3cc[n+](C)c3)cc(Oc3cccc(-n4cc[n+](C)c4)c3)cn2c1C.Cc1nc2c(N3C=CN(C)[CH-]3)[c-]c(Oc3[c-]c(N4C=CN(C)[CH-]4)ccc3)cn2c1C.[I-].[I-].[Pt+4]. The van der Waals surface area contributed by atoms with Crippen LogP contribution < -0.4 is 76.4 Å². The summed E-state index contributed by atoms with van der Waals surface area (Å²) < 4.78 is 24.8. The van der Waals surface area contributed by atoms with Crippen molar-refractivity contribution in [1.29, 1.82) is 0 Å². The molecule has 0 saturated carbocycles. The van der Waals surface area contributed by atoms with Crippen LogP contribution in [0.2, 0.25) is 0 Å². The minimum Gasteiger partial charge on any atom is -1.00 e. The van der Waals surface area contributed by atoms with Gasteiger partial charge >= 0.3 is 21.1 Å². The van der Waals surface area contributed by atoms with Crippen LogP contribution in [-0.2, 0) is 35.2 Å². The molecule has 0 fully saturated rings. The summed E-state index contributed by atoms with van der Waals surface area (Å²) in [6, 6.07) is 22.7. The Bertz CT molecular complexity index is 2950. The van der Waals surface area contributed by atoms with Crippen LogP contribution in [0.4, 0.5) is 11.4 Å². The Morgan fingerprint density at radius 3 is 1.89 bits per heavy atom. The molecular weight excluding hydrogens is 1200 g/mol. The van der Waals surface area contributed by atoms with E-state index in [-0.39, 0.29) is 69.0 Å². The van der Waals surface area contributed by atoms with Gasteiger partial charge in [-0.2, -0.15) is 24.0 Å². The third-order valence-electron chi connectivity index (χ3n) is 10.5. The summed E-state index contributed by atoms with van der Waals surface area (Å²) in [6.07, 6.45) is 23.9. The Kier molecular flexibility index (Phi) is 14.7. The number of imidazole rings is 4. The van der Waals surface area contributed by atoms with Crippen LogP contribution in [0.15, 0.2) is 123 Å². The molecule has 0 bridgehead atoms. The molecule has 0 atom stereocenters. The van der Waals surface area contributed by atoms with E-state index < -0.39 is 0 Å². The van der Waals surface area contributed by atoms with Crippen LogP contribution in [0.1, 0.15) is 22.8 Å². The zero-order valence-electron chi connectivity index (χ0n) is 36.0. The maximum Gasteiger partial charge on any atom is 4.00 e. The smallest absolute Gasteiger partial charge is 1.00 e. The molecule has 326 valence electrons. The molecule has 0 spiro atoms. The number of fused-ring (bicyclic) bond motifs is 2. The minimum absolute atomic E-state index is 0. The Morgan fingerprint density at radius 2 is 1.25 bits per heavy atom. The fourth-order valence-electron chi connectivity index (χ4n) is 7.06. The zero-order valence-corrected chi connectivity index (χ0v) is 42.5. The van der Waals surface area contributed by atoms with Gasteiger partial charge in [-0.3, -0.25) is 9.38 Å². The molecule has 0 aliphatic carbocycles. The summed E-state index contributed by atoms with van der Waals surface area (Å²) in [5.74, 6) is 2.75. The van der Waals surface area contributed by atoms with Crippen molar-refractivity contribution < 1.29 is 87.6 Å². The molecule has 2 aliphatic rings. The average molecular weight is 1250 g/mol. The molecule has 2 aromatic carbocycles. The van der Waals surface area contributed by atoms with Crippen molar-refractivity contribution in [3.8, 4) is 34.4 Å². The topological polar surface area (TPSA) is 83.6 Å². The number of hydrogen-bond donors (Lipinski definition) is 0. The first-order chi connectivity index (χ1) is 28.9. The monoisotopic (exact) mass is 1250 g/mol. The van der Waals surface area contributed by atoms with E-state index >= 15 is 0 Å². The van der Waals surface area contributed by atoms with Crippen molar-refractivity contribution in [2.45, 2.75) is 27.7 Å². The van der Waals surface area contributed by atoms with Gasteiger partial charge in [0.05, 0.1) is 26.0 Å². The van der Waals surface area contributed by atoms with Crippen LogP contribution in [0.3, 0.4) is 0 Å². The van der Waals surface area contributed by atoms with E-state index in [2.05, 4.69) is 45.6 Å². The van der Waals surface area contributed by atoms with Gasteiger partial charge in [-0.15, -0.1) is 30.0 Å². The standard InChI is InChI=1S/C23H24N6O.C23H22N6O.2HI.Pt/c2*1-17-18(2)29-14-21(13-22(23(29)24-17)28-11-9-26(4)16-28)30-20-7-5-6-19(12-20)27-10-8-25(3)15-27;;;/h5-16H,1-4H3;5-11,14-16H,1-4H3;2*1H;/q+2;-4;;;+4/p-2. The molecule has 0 amide bonds. The first-order valence-corrected chi connectivity index (χ1v) is 19.5. The number of hydrogen-bond acceptors (Lipinski definition) is 8. The maximum absolute atomic E-state index is 6.30. The van der Waals surface area contributed by atoms with Gasteiger partial charge in [-0.05, 0) is 78.7 Å². The predicted octanol–water partition coefficient (Wildman–Crippen LogP) is 1.01. The second kappa shape index (κ2) is 19.6. The third kappa shape index (κ3) is 9.92. The summed E-state index contributed by atoms with van der Waals surface area (Å²) in [6.45, 7) is 12.1. The number of halogens is 2. The first-order valence-electron chi connectivity index (χ1n) is 19.5. The summed E-state index contributed by atoms with van der Waals surface area (Å²) in [7, 11) is 7.98. The Morgan fingerprint density at radius 1 is 0.635 bits per heavy atom. The van der Waals surface area contributed by atoms with Crippen molar-refractivity contribution in [1.82, 2.24) is 37.7 Å². The van der Waals surface area contributed by atoms with E-state index in [9.17, 15) is 0 Å². The van der Waals surface area contributed by atoms with Crippen molar-refractivity contribution >= 4 is 22.7 Å². The molecule has 8 heterocycles. The van der Waals surface area contributed by atoms with Gasteiger partial charge in [-0.1, -0.05) is 18.0 Å². The van der Waals surface area contributed by atoms with Gasteiger partial charge in [0.25, 0.3) is 0 Å². The molecule has 6 aromatic heterocycles. The summed E-state index contributed by atoms with van der Waals surface area (Å²) in [5, 5.41) is 0. The normalized spacial score (nSPS) is 13.0. The van der Waals surface area contributed by atoms with Gasteiger partial charge in [0.15, 0.2) is 11.3 Å². The summed E-state index contributed by atoms with van der Waals surface area (Å²) in [4.78, 5) is 17.5. The Hall–Kier alpha value is -5.33. The fourth-order valence-corrected chi connectivity index (χ4v) is 7.06. The van der Waals surface area contributed by atoms with Crippen LogP contribution in [-0.4, -0.2) is 51.8 Å². The molecule has 2 aliphatic heterocycles. The number of ether oxygens (including phenoxy) is 2. The number of anilines is 2. The third-order valence-corrected chi connectivity index (χ3v) is 10.5. The number of benzene rings is 2. The van der Waals surface area contributed by atoms with Gasteiger partial charge in [0, 0.05) is 46.4 Å². The molecule has 8 aromatic rings. The van der Waals surface area contributed by atoms with Gasteiger partial charge in [0.2, 0.25) is 12.7 Å². The maximum atomic E-state index is 6.30. The van der Waals surface area contributed by atoms with E-state index in [4.69, 9.17) is 19.4 Å². The van der Waals surface area contributed by atoms with Crippen LogP contribution >= 0.6 is 0 Å². The first kappa shape index (κ1) is 47.2. The van der Waals surface area contributed by atoms with Crippen LogP contribution in [0.5, 0.6) is 23.0 Å². The molecule has 0 saturated heterocycles. The molecule has 63 heavy (non-hydrogen) atoms. The quantitative estimate of drug-likeness (QED) is 0.127. The average Bonchev–Trinajstić information content (AvgIpc) is 4.11. The summed E-state index contributed by atoms with van der Waals surface area (Å²) >= 11 is 0. The Balaban J connectivity index is 0.000000200. The van der Waals surface area contributed by atoms with Crippen molar-refractivity contribution in [2.24, 2.45) is 14.1 Å². The number of nitrogens with zero attached hydrogens (tertiary/aromatic N) is 12. The molecule has 0 unspecified atom stereocenters. The van der Waals surface area contributed by atoms with Crippen molar-refractivity contribution in [3.05, 3.63) is 171 Å². The number of aryl methyl sites for hydroxylation is 6.